The minimum atomic E-state index is -0.0462. The first-order chi connectivity index (χ1) is 18.6. The molecule has 0 fully saturated rings. The molecule has 0 saturated heterocycles. The Morgan fingerprint density at radius 2 is 1.11 bits per heavy atom. The number of hydrogen-bond donors (Lipinski definition) is 0. The fourth-order valence-electron chi connectivity index (χ4n) is 5.05. The number of anilines is 3. The van der Waals surface area contributed by atoms with Crippen molar-refractivity contribution in [1.29, 1.82) is 0 Å². The molecule has 0 aliphatic carbocycles. The number of hydrogen-bond acceptors (Lipinski definition) is 1. The zero-order valence-corrected chi connectivity index (χ0v) is 23.3. The summed E-state index contributed by atoms with van der Waals surface area (Å²) >= 11 is 0. The maximum atomic E-state index is 2.37. The van der Waals surface area contributed by atoms with Crippen LogP contribution in [0.1, 0.15) is 69.6 Å². The lowest BCUT2D eigenvalue weighted by molar-refractivity contribution is 0.549. The summed E-state index contributed by atoms with van der Waals surface area (Å²) in [6.45, 7) is 9.14. The van der Waals surface area contributed by atoms with Gasteiger partial charge < -0.3 is 4.90 Å². The molecule has 0 heterocycles. The number of benzene rings is 4. The standard InChI is InChI=1S/C37H41N/c1-5-7-8-9-12-17-30(3)31-22-24-32(25-23-31)37(4,6-2)33-26-28-36(29-27-33)38(34-18-13-10-14-19-34)35-20-15-11-16-21-35/h7-16,18-30H,5-6,17H2,1-4H3. The van der Waals surface area contributed by atoms with Crippen LogP contribution in [0.3, 0.4) is 0 Å². The third-order valence-corrected chi connectivity index (χ3v) is 7.72. The molecule has 0 amide bonds. The Labute approximate surface area is 230 Å². The maximum absolute atomic E-state index is 2.37. The van der Waals surface area contributed by atoms with E-state index in [1.165, 1.54) is 16.7 Å². The minimum Gasteiger partial charge on any atom is -0.311 e. The van der Waals surface area contributed by atoms with Crippen LogP contribution < -0.4 is 4.90 Å². The van der Waals surface area contributed by atoms with Gasteiger partial charge in [-0.3, -0.25) is 0 Å². The predicted molar refractivity (Wildman–Crippen MR) is 166 cm³/mol. The molecular weight excluding hydrogens is 458 g/mol. The molecule has 1 nitrogen and oxygen atoms in total. The summed E-state index contributed by atoms with van der Waals surface area (Å²) in [6, 6.07) is 39.6. The summed E-state index contributed by atoms with van der Waals surface area (Å²) in [5.74, 6) is 0.504. The van der Waals surface area contributed by atoms with E-state index in [1.54, 1.807) is 0 Å². The second-order valence-corrected chi connectivity index (χ2v) is 10.3. The molecule has 4 aromatic carbocycles. The van der Waals surface area contributed by atoms with Crippen molar-refractivity contribution in [3.05, 3.63) is 150 Å². The molecule has 0 N–H and O–H groups in total. The van der Waals surface area contributed by atoms with Gasteiger partial charge in [0.15, 0.2) is 0 Å². The first kappa shape index (κ1) is 27.2. The highest BCUT2D eigenvalue weighted by Gasteiger charge is 2.27. The molecule has 1 heteroatoms. The highest BCUT2D eigenvalue weighted by Crippen LogP contribution is 2.39. The summed E-state index contributed by atoms with van der Waals surface area (Å²) in [7, 11) is 0. The molecule has 4 aromatic rings. The van der Waals surface area contributed by atoms with E-state index in [-0.39, 0.29) is 5.41 Å². The van der Waals surface area contributed by atoms with Crippen LogP contribution in [0.2, 0.25) is 0 Å². The van der Waals surface area contributed by atoms with Gasteiger partial charge in [0.1, 0.15) is 0 Å². The largest absolute Gasteiger partial charge is 0.311 e. The van der Waals surface area contributed by atoms with Gasteiger partial charge in [0, 0.05) is 22.5 Å². The Hall–Kier alpha value is -3.84. The lowest BCUT2D eigenvalue weighted by atomic mass is 9.74. The Bertz CT molecular complexity index is 1260. The Morgan fingerprint density at radius 1 is 0.632 bits per heavy atom. The van der Waals surface area contributed by atoms with Crippen LogP contribution in [-0.4, -0.2) is 0 Å². The Morgan fingerprint density at radius 3 is 1.61 bits per heavy atom. The zero-order chi connectivity index (χ0) is 26.8. The van der Waals surface area contributed by atoms with Crippen LogP contribution in [0.4, 0.5) is 17.1 Å². The molecule has 0 aliphatic heterocycles. The van der Waals surface area contributed by atoms with Crippen LogP contribution >= 0.6 is 0 Å². The monoisotopic (exact) mass is 499 g/mol. The summed E-state index contributed by atoms with van der Waals surface area (Å²) in [4.78, 5) is 2.32. The molecule has 2 atom stereocenters. The summed E-state index contributed by atoms with van der Waals surface area (Å²) in [6.07, 6.45) is 12.0. The van der Waals surface area contributed by atoms with Crippen molar-refractivity contribution < 1.29 is 0 Å². The van der Waals surface area contributed by atoms with Crippen molar-refractivity contribution in [2.24, 2.45) is 0 Å². The average Bonchev–Trinajstić information content (AvgIpc) is 2.98. The van der Waals surface area contributed by atoms with E-state index in [2.05, 4.69) is 166 Å². The Kier molecular flexibility index (Phi) is 9.38. The van der Waals surface area contributed by atoms with Gasteiger partial charge >= 0.3 is 0 Å². The highest BCUT2D eigenvalue weighted by atomic mass is 15.1. The quantitative estimate of drug-likeness (QED) is 0.185. The summed E-state index contributed by atoms with van der Waals surface area (Å²) in [5, 5.41) is 0. The molecule has 2 unspecified atom stereocenters. The van der Waals surface area contributed by atoms with Crippen molar-refractivity contribution >= 4 is 17.1 Å². The van der Waals surface area contributed by atoms with Crippen LogP contribution in [0, 0.1) is 0 Å². The van der Waals surface area contributed by atoms with Crippen molar-refractivity contribution in [3.8, 4) is 0 Å². The summed E-state index contributed by atoms with van der Waals surface area (Å²) < 4.78 is 0. The topological polar surface area (TPSA) is 3.24 Å². The fraction of sp³-hybridized carbons (Fsp3) is 0.243. The van der Waals surface area contributed by atoms with E-state index in [4.69, 9.17) is 0 Å². The van der Waals surface area contributed by atoms with Crippen LogP contribution in [0.25, 0.3) is 0 Å². The first-order valence-electron chi connectivity index (χ1n) is 14.0. The molecule has 0 aromatic heterocycles. The first-order valence-corrected chi connectivity index (χ1v) is 14.0. The van der Waals surface area contributed by atoms with Crippen molar-refractivity contribution in [2.75, 3.05) is 4.90 Å². The van der Waals surface area contributed by atoms with Gasteiger partial charge in [-0.2, -0.15) is 0 Å². The van der Waals surface area contributed by atoms with Crippen LogP contribution in [0.15, 0.2) is 133 Å². The lowest BCUT2D eigenvalue weighted by Crippen LogP contribution is -2.22. The van der Waals surface area contributed by atoms with Crippen molar-refractivity contribution in [1.82, 2.24) is 0 Å². The van der Waals surface area contributed by atoms with E-state index in [0.717, 1.165) is 36.3 Å². The SMILES string of the molecule is CCC=CC=CCC(C)c1ccc(C(C)(CC)c2ccc(N(c3ccccc3)c3ccccc3)cc2)cc1. The molecular formula is C37H41N. The second-order valence-electron chi connectivity index (χ2n) is 10.3. The van der Waals surface area contributed by atoms with E-state index in [9.17, 15) is 0 Å². The lowest BCUT2D eigenvalue weighted by Gasteiger charge is -2.31. The minimum absolute atomic E-state index is 0.0462. The van der Waals surface area contributed by atoms with E-state index in [0.29, 0.717) is 5.92 Å². The smallest absolute Gasteiger partial charge is 0.0461 e. The van der Waals surface area contributed by atoms with E-state index in [1.807, 2.05) is 0 Å². The van der Waals surface area contributed by atoms with Gasteiger partial charge in [0.2, 0.25) is 0 Å². The van der Waals surface area contributed by atoms with Gasteiger partial charge in [-0.05, 0) is 78.3 Å². The highest BCUT2D eigenvalue weighted by molar-refractivity contribution is 5.76. The molecule has 0 radical (unpaired) electrons. The van der Waals surface area contributed by atoms with Gasteiger partial charge in [-0.25, -0.2) is 0 Å². The van der Waals surface area contributed by atoms with E-state index >= 15 is 0 Å². The molecule has 0 aliphatic rings. The number of para-hydroxylation sites is 2. The fourth-order valence-corrected chi connectivity index (χ4v) is 5.05. The molecule has 4 rings (SSSR count). The van der Waals surface area contributed by atoms with Gasteiger partial charge in [0.25, 0.3) is 0 Å². The van der Waals surface area contributed by atoms with E-state index < -0.39 is 0 Å². The number of nitrogens with zero attached hydrogens (tertiary/aromatic N) is 1. The molecule has 0 saturated carbocycles. The second kappa shape index (κ2) is 13.1. The molecule has 194 valence electrons. The maximum Gasteiger partial charge on any atom is 0.0461 e. The molecule has 38 heavy (non-hydrogen) atoms. The predicted octanol–water partition coefficient (Wildman–Crippen LogP) is 10.9. The van der Waals surface area contributed by atoms with Crippen LogP contribution in [-0.2, 0) is 5.41 Å². The van der Waals surface area contributed by atoms with Crippen molar-refractivity contribution in [2.45, 2.75) is 58.3 Å². The average molecular weight is 500 g/mol. The summed E-state index contributed by atoms with van der Waals surface area (Å²) in [5.41, 5.74) is 7.54. The number of rotatable bonds is 11. The third-order valence-electron chi connectivity index (χ3n) is 7.72. The number of allylic oxidation sites excluding steroid dienone is 4. The molecule has 0 bridgehead atoms. The third kappa shape index (κ3) is 6.34. The Balaban J connectivity index is 1.57. The normalized spacial score (nSPS) is 14.0. The van der Waals surface area contributed by atoms with Crippen molar-refractivity contribution in [3.63, 3.8) is 0 Å². The van der Waals surface area contributed by atoms with Gasteiger partial charge in [-0.1, -0.05) is 125 Å². The van der Waals surface area contributed by atoms with Crippen LogP contribution in [0.5, 0.6) is 0 Å². The zero-order valence-electron chi connectivity index (χ0n) is 23.3. The molecule has 0 spiro atoms. The van der Waals surface area contributed by atoms with Gasteiger partial charge in [-0.15, -0.1) is 0 Å². The van der Waals surface area contributed by atoms with Gasteiger partial charge in [0.05, 0.1) is 0 Å².